The third-order valence-electron chi connectivity index (χ3n) is 5.12. The molecule has 0 amide bonds. The van der Waals surface area contributed by atoms with E-state index in [9.17, 15) is 0 Å². The van der Waals surface area contributed by atoms with Crippen LogP contribution in [0.4, 0.5) is 0 Å². The van der Waals surface area contributed by atoms with Crippen molar-refractivity contribution in [3.63, 3.8) is 0 Å². The summed E-state index contributed by atoms with van der Waals surface area (Å²) in [6, 6.07) is 0. The van der Waals surface area contributed by atoms with E-state index in [0.717, 1.165) is 25.0 Å². The summed E-state index contributed by atoms with van der Waals surface area (Å²) in [5, 5.41) is 6.89. The normalized spacial score (nSPS) is 16.6. The second kappa shape index (κ2) is 17.0. The van der Waals surface area contributed by atoms with Gasteiger partial charge in [0.1, 0.15) is 0 Å². The molecule has 2 N–H and O–H groups in total. The zero-order valence-electron chi connectivity index (χ0n) is 17.7. The van der Waals surface area contributed by atoms with Gasteiger partial charge in [0.05, 0.1) is 0 Å². The summed E-state index contributed by atoms with van der Waals surface area (Å²) in [7, 11) is 6.16. The molecule has 1 fully saturated rings. The second-order valence-corrected chi connectivity index (χ2v) is 7.87. The largest absolute Gasteiger partial charge is 0.356 e. The maximum atomic E-state index is 4.32. The monoisotopic (exact) mass is 481 g/mol. The zero-order valence-corrected chi connectivity index (χ0v) is 20.1. The third kappa shape index (κ3) is 14.0. The minimum Gasteiger partial charge on any atom is -0.356 e. The van der Waals surface area contributed by atoms with Gasteiger partial charge < -0.3 is 20.4 Å². The van der Waals surface area contributed by atoms with Gasteiger partial charge in [-0.15, -0.1) is 24.0 Å². The molecule has 1 heterocycles. The Balaban J connectivity index is 0.00000625. The lowest BCUT2D eigenvalue weighted by Gasteiger charge is -2.30. The fourth-order valence-electron chi connectivity index (χ4n) is 3.31. The lowest BCUT2D eigenvalue weighted by molar-refractivity contribution is 0.191. The predicted molar refractivity (Wildman–Crippen MR) is 126 cm³/mol. The molecular formula is C20H44IN5. The van der Waals surface area contributed by atoms with Crippen LogP contribution >= 0.6 is 24.0 Å². The highest BCUT2D eigenvalue weighted by Crippen LogP contribution is 2.15. The maximum absolute atomic E-state index is 4.32. The average molecular weight is 482 g/mol. The van der Waals surface area contributed by atoms with E-state index in [1.165, 1.54) is 77.5 Å². The third-order valence-corrected chi connectivity index (χ3v) is 5.12. The van der Waals surface area contributed by atoms with Crippen molar-refractivity contribution in [1.29, 1.82) is 0 Å². The molecule has 5 nitrogen and oxygen atoms in total. The number of hydrogen-bond acceptors (Lipinski definition) is 3. The van der Waals surface area contributed by atoms with Crippen LogP contribution in [-0.4, -0.2) is 76.2 Å². The van der Waals surface area contributed by atoms with Gasteiger partial charge in [0, 0.05) is 20.1 Å². The van der Waals surface area contributed by atoms with Crippen LogP contribution < -0.4 is 10.6 Å². The van der Waals surface area contributed by atoms with Crippen LogP contribution in [0.3, 0.4) is 0 Å². The standard InChI is InChI=1S/C20H43N5.HI/c1-19-11-17-25(18-12-19)16-10-14-23-20(21-2)22-13-8-6-5-7-9-15-24(3)4;/h19H,5-18H2,1-4H3,(H2,21,22,23);1H. The summed E-state index contributed by atoms with van der Waals surface area (Å²) in [6.07, 6.45) is 10.5. The Morgan fingerprint density at radius 3 is 2.15 bits per heavy atom. The number of rotatable bonds is 12. The van der Waals surface area contributed by atoms with Crippen LogP contribution in [0, 0.1) is 5.92 Å². The second-order valence-electron chi connectivity index (χ2n) is 7.87. The lowest BCUT2D eigenvalue weighted by atomic mass is 9.99. The first-order valence-corrected chi connectivity index (χ1v) is 10.4. The molecule has 1 aliphatic heterocycles. The highest BCUT2D eigenvalue weighted by atomic mass is 127. The number of likely N-dealkylation sites (tertiary alicyclic amines) is 1. The molecule has 0 bridgehead atoms. The van der Waals surface area contributed by atoms with Crippen molar-refractivity contribution in [3.05, 3.63) is 0 Å². The highest BCUT2D eigenvalue weighted by molar-refractivity contribution is 14.0. The van der Waals surface area contributed by atoms with Crippen molar-refractivity contribution in [1.82, 2.24) is 20.4 Å². The van der Waals surface area contributed by atoms with Gasteiger partial charge in [0.2, 0.25) is 0 Å². The van der Waals surface area contributed by atoms with Crippen molar-refractivity contribution in [2.75, 3.05) is 60.4 Å². The molecule has 0 unspecified atom stereocenters. The quantitative estimate of drug-likeness (QED) is 0.194. The van der Waals surface area contributed by atoms with Crippen LogP contribution in [0.1, 0.15) is 58.3 Å². The smallest absolute Gasteiger partial charge is 0.190 e. The van der Waals surface area contributed by atoms with Gasteiger partial charge in [-0.3, -0.25) is 4.99 Å². The Labute approximate surface area is 179 Å². The molecule has 0 atom stereocenters. The molecule has 0 aromatic carbocycles. The summed E-state index contributed by atoms with van der Waals surface area (Å²) >= 11 is 0. The Kier molecular flexibility index (Phi) is 17.0. The van der Waals surface area contributed by atoms with Gasteiger partial charge in [-0.1, -0.05) is 26.2 Å². The van der Waals surface area contributed by atoms with Crippen LogP contribution in [0.25, 0.3) is 0 Å². The predicted octanol–water partition coefficient (Wildman–Crippen LogP) is 3.40. The molecule has 0 aliphatic carbocycles. The maximum Gasteiger partial charge on any atom is 0.190 e. The number of unbranched alkanes of at least 4 members (excludes halogenated alkanes) is 4. The summed E-state index contributed by atoms with van der Waals surface area (Å²) in [4.78, 5) is 9.20. The van der Waals surface area contributed by atoms with Crippen molar-refractivity contribution >= 4 is 29.9 Å². The van der Waals surface area contributed by atoms with Crippen molar-refractivity contribution in [2.24, 2.45) is 10.9 Å². The molecule has 0 saturated carbocycles. The number of halogens is 1. The summed E-state index contributed by atoms with van der Waals surface area (Å²) in [5.41, 5.74) is 0. The number of nitrogens with zero attached hydrogens (tertiary/aromatic N) is 3. The lowest BCUT2D eigenvalue weighted by Crippen LogP contribution is -2.40. The van der Waals surface area contributed by atoms with Gasteiger partial charge in [-0.25, -0.2) is 0 Å². The molecule has 0 aromatic heterocycles. The van der Waals surface area contributed by atoms with Gasteiger partial charge in [0.15, 0.2) is 5.96 Å². The Bertz CT molecular complexity index is 341. The SMILES string of the molecule is CN=C(NCCCCCCCN(C)C)NCCCN1CCC(C)CC1.I. The number of aliphatic imine (C=N–C) groups is 1. The highest BCUT2D eigenvalue weighted by Gasteiger charge is 2.14. The number of nitrogens with one attached hydrogen (secondary N) is 2. The minimum atomic E-state index is 0. The fourth-order valence-corrected chi connectivity index (χ4v) is 3.31. The van der Waals surface area contributed by atoms with Gasteiger partial charge in [-0.05, 0) is 78.3 Å². The van der Waals surface area contributed by atoms with Crippen molar-refractivity contribution in [2.45, 2.75) is 58.3 Å². The van der Waals surface area contributed by atoms with E-state index in [1.807, 2.05) is 7.05 Å². The van der Waals surface area contributed by atoms with Gasteiger partial charge >= 0.3 is 0 Å². The number of guanidine groups is 1. The molecule has 26 heavy (non-hydrogen) atoms. The van der Waals surface area contributed by atoms with Crippen LogP contribution in [-0.2, 0) is 0 Å². The zero-order chi connectivity index (χ0) is 18.3. The van der Waals surface area contributed by atoms with E-state index in [0.29, 0.717) is 0 Å². The topological polar surface area (TPSA) is 42.9 Å². The first-order chi connectivity index (χ1) is 12.1. The van der Waals surface area contributed by atoms with Crippen LogP contribution in [0.2, 0.25) is 0 Å². The van der Waals surface area contributed by atoms with Crippen molar-refractivity contribution < 1.29 is 0 Å². The molecule has 6 heteroatoms. The molecule has 1 rings (SSSR count). The Hall–Kier alpha value is -0.0800. The number of piperidine rings is 1. The summed E-state index contributed by atoms with van der Waals surface area (Å²) in [6.45, 7) is 9.40. The summed E-state index contributed by atoms with van der Waals surface area (Å²) in [5.74, 6) is 1.88. The van der Waals surface area contributed by atoms with E-state index in [4.69, 9.17) is 0 Å². The minimum absolute atomic E-state index is 0. The van der Waals surface area contributed by atoms with Crippen LogP contribution in [0.5, 0.6) is 0 Å². The molecule has 0 spiro atoms. The Morgan fingerprint density at radius 2 is 1.54 bits per heavy atom. The van der Waals surface area contributed by atoms with E-state index in [2.05, 4.69) is 46.4 Å². The molecule has 0 radical (unpaired) electrons. The molecule has 156 valence electrons. The molecular weight excluding hydrogens is 437 g/mol. The first kappa shape index (κ1) is 25.9. The van der Waals surface area contributed by atoms with Crippen molar-refractivity contribution in [3.8, 4) is 0 Å². The molecule has 0 aromatic rings. The van der Waals surface area contributed by atoms with E-state index in [-0.39, 0.29) is 24.0 Å². The Morgan fingerprint density at radius 1 is 0.962 bits per heavy atom. The van der Waals surface area contributed by atoms with Gasteiger partial charge in [-0.2, -0.15) is 0 Å². The van der Waals surface area contributed by atoms with E-state index < -0.39 is 0 Å². The number of hydrogen-bond donors (Lipinski definition) is 2. The average Bonchev–Trinajstić information content (AvgIpc) is 2.60. The fraction of sp³-hybridized carbons (Fsp3) is 0.950. The van der Waals surface area contributed by atoms with Gasteiger partial charge in [0.25, 0.3) is 0 Å². The molecule has 1 aliphatic rings. The molecule has 1 saturated heterocycles. The van der Waals surface area contributed by atoms with E-state index in [1.54, 1.807) is 0 Å². The van der Waals surface area contributed by atoms with E-state index >= 15 is 0 Å². The van der Waals surface area contributed by atoms with Crippen LogP contribution in [0.15, 0.2) is 4.99 Å². The summed E-state index contributed by atoms with van der Waals surface area (Å²) < 4.78 is 0. The first-order valence-electron chi connectivity index (χ1n) is 10.4.